The topological polar surface area (TPSA) is 46.2 Å². The van der Waals surface area contributed by atoms with Crippen molar-refractivity contribution in [1.29, 1.82) is 0 Å². The van der Waals surface area contributed by atoms with E-state index in [0.717, 1.165) is 12.2 Å². The van der Waals surface area contributed by atoms with Crippen LogP contribution in [-0.4, -0.2) is 43.5 Å². The van der Waals surface area contributed by atoms with Crippen LogP contribution in [0.4, 0.5) is 0 Å². The molecule has 2 aliphatic rings. The molecule has 0 bridgehead atoms. The van der Waals surface area contributed by atoms with Gasteiger partial charge in [0.25, 0.3) is 0 Å². The number of hydrogen-bond donors (Lipinski definition) is 1. The molecular formula is C9H17NO2S2. The van der Waals surface area contributed by atoms with Gasteiger partial charge in [-0.05, 0) is 25.0 Å². The number of nitrogens with one attached hydrogen (secondary N) is 1. The van der Waals surface area contributed by atoms with Crippen molar-refractivity contribution in [1.82, 2.24) is 5.32 Å². The van der Waals surface area contributed by atoms with Crippen molar-refractivity contribution < 1.29 is 8.42 Å². The van der Waals surface area contributed by atoms with E-state index in [2.05, 4.69) is 5.32 Å². The average Bonchev–Trinajstić information content (AvgIpc) is 2.47. The van der Waals surface area contributed by atoms with E-state index in [9.17, 15) is 8.42 Å². The van der Waals surface area contributed by atoms with Gasteiger partial charge < -0.3 is 5.32 Å². The first-order chi connectivity index (χ1) is 6.66. The van der Waals surface area contributed by atoms with Gasteiger partial charge in [-0.15, -0.1) is 0 Å². The monoisotopic (exact) mass is 235 g/mol. The smallest absolute Gasteiger partial charge is 0.151 e. The molecule has 5 heteroatoms. The summed E-state index contributed by atoms with van der Waals surface area (Å²) in [6, 6.07) is 0.774. The van der Waals surface area contributed by atoms with Gasteiger partial charge in [-0.25, -0.2) is 8.42 Å². The Labute approximate surface area is 89.9 Å². The fraction of sp³-hybridized carbons (Fsp3) is 1.00. The molecule has 0 aromatic heterocycles. The summed E-state index contributed by atoms with van der Waals surface area (Å²) in [4.78, 5) is 0. The summed E-state index contributed by atoms with van der Waals surface area (Å²) in [6.07, 6.45) is 3.29. The van der Waals surface area contributed by atoms with Crippen LogP contribution in [0.5, 0.6) is 0 Å². The summed E-state index contributed by atoms with van der Waals surface area (Å²) in [5.41, 5.74) is 0. The Morgan fingerprint density at radius 3 is 2.64 bits per heavy atom. The van der Waals surface area contributed by atoms with Crippen LogP contribution in [0.2, 0.25) is 0 Å². The summed E-state index contributed by atoms with van der Waals surface area (Å²) in [7, 11) is -2.72. The Morgan fingerprint density at radius 1 is 1.21 bits per heavy atom. The van der Waals surface area contributed by atoms with Gasteiger partial charge in [-0.3, -0.25) is 0 Å². The van der Waals surface area contributed by atoms with Crippen molar-refractivity contribution in [3.05, 3.63) is 0 Å². The maximum absolute atomic E-state index is 11.2. The predicted octanol–water partition coefficient (Wildman–Crippen LogP) is 0.659. The zero-order valence-corrected chi connectivity index (χ0v) is 9.87. The Hall–Kier alpha value is 0.260. The molecule has 2 rings (SSSR count). The largest absolute Gasteiger partial charge is 0.309 e. The van der Waals surface area contributed by atoms with Crippen molar-refractivity contribution in [3.8, 4) is 0 Å². The molecular weight excluding hydrogens is 218 g/mol. The lowest BCUT2D eigenvalue weighted by Gasteiger charge is -2.25. The summed E-state index contributed by atoms with van der Waals surface area (Å²) >= 11 is 1.97. The molecule has 0 aromatic carbocycles. The molecule has 0 aliphatic carbocycles. The van der Waals surface area contributed by atoms with E-state index in [1.807, 2.05) is 11.8 Å². The molecule has 3 nitrogen and oxygen atoms in total. The molecule has 2 atom stereocenters. The summed E-state index contributed by atoms with van der Waals surface area (Å²) in [6.45, 7) is 0. The molecule has 0 saturated carbocycles. The van der Waals surface area contributed by atoms with E-state index in [1.165, 1.54) is 18.6 Å². The van der Waals surface area contributed by atoms with Gasteiger partial charge in [-0.2, -0.15) is 11.8 Å². The number of thioether (sulfide) groups is 1. The third-order valence-electron chi connectivity index (χ3n) is 2.86. The van der Waals surface area contributed by atoms with Gasteiger partial charge in [0.15, 0.2) is 9.84 Å². The van der Waals surface area contributed by atoms with Gasteiger partial charge in [-0.1, -0.05) is 0 Å². The molecule has 2 saturated heterocycles. The molecule has 2 heterocycles. The van der Waals surface area contributed by atoms with Gasteiger partial charge in [0.1, 0.15) is 0 Å². The highest BCUT2D eigenvalue weighted by Gasteiger charge is 2.29. The Kier molecular flexibility index (Phi) is 3.39. The van der Waals surface area contributed by atoms with Crippen LogP contribution in [0.25, 0.3) is 0 Å². The minimum Gasteiger partial charge on any atom is -0.309 e. The highest BCUT2D eigenvalue weighted by atomic mass is 32.2. The molecule has 2 fully saturated rings. The molecule has 2 aliphatic heterocycles. The minimum absolute atomic E-state index is 0.226. The van der Waals surface area contributed by atoms with Gasteiger partial charge in [0, 0.05) is 17.8 Å². The Bertz CT molecular complexity index is 283. The van der Waals surface area contributed by atoms with Gasteiger partial charge in [0.2, 0.25) is 0 Å². The third kappa shape index (κ3) is 2.87. The third-order valence-corrected chi connectivity index (χ3v) is 5.85. The van der Waals surface area contributed by atoms with Crippen LogP contribution >= 0.6 is 11.8 Å². The quantitative estimate of drug-likeness (QED) is 0.764. The molecule has 14 heavy (non-hydrogen) atoms. The van der Waals surface area contributed by atoms with E-state index in [-0.39, 0.29) is 6.04 Å². The molecule has 0 amide bonds. The second-order valence-corrected chi connectivity index (χ2v) is 7.56. The summed E-state index contributed by atoms with van der Waals surface area (Å²) in [5, 5.41) is 3.47. The number of rotatable bonds is 2. The van der Waals surface area contributed by atoms with Crippen LogP contribution in [0.1, 0.15) is 19.3 Å². The van der Waals surface area contributed by atoms with E-state index < -0.39 is 9.84 Å². The first-order valence-electron chi connectivity index (χ1n) is 5.20. The van der Waals surface area contributed by atoms with Crippen LogP contribution in [0, 0.1) is 0 Å². The second-order valence-electron chi connectivity index (χ2n) is 4.18. The van der Waals surface area contributed by atoms with Crippen LogP contribution in [0.15, 0.2) is 0 Å². The van der Waals surface area contributed by atoms with Crippen molar-refractivity contribution >= 4 is 21.6 Å². The summed E-state index contributed by atoms with van der Waals surface area (Å²) in [5.74, 6) is 3.15. The number of hydrogen-bond acceptors (Lipinski definition) is 4. The summed E-state index contributed by atoms with van der Waals surface area (Å²) < 4.78 is 22.5. The zero-order chi connectivity index (χ0) is 10.0. The lowest BCUT2D eigenvalue weighted by molar-refractivity contribution is 0.447. The van der Waals surface area contributed by atoms with Crippen LogP contribution in [0.3, 0.4) is 0 Å². The van der Waals surface area contributed by atoms with Crippen molar-refractivity contribution in [2.24, 2.45) is 0 Å². The zero-order valence-electron chi connectivity index (χ0n) is 8.24. The van der Waals surface area contributed by atoms with Gasteiger partial charge in [0.05, 0.1) is 11.5 Å². The minimum atomic E-state index is -2.72. The normalized spacial score (nSPS) is 37.1. The maximum atomic E-state index is 11.2. The lowest BCUT2D eigenvalue weighted by Crippen LogP contribution is -2.41. The average molecular weight is 235 g/mol. The van der Waals surface area contributed by atoms with Crippen molar-refractivity contribution in [3.63, 3.8) is 0 Å². The lowest BCUT2D eigenvalue weighted by atomic mass is 10.1. The predicted molar refractivity (Wildman–Crippen MR) is 60.5 cm³/mol. The van der Waals surface area contributed by atoms with Crippen molar-refractivity contribution in [2.45, 2.75) is 31.3 Å². The molecule has 0 unspecified atom stereocenters. The first-order valence-corrected chi connectivity index (χ1v) is 8.17. The van der Waals surface area contributed by atoms with E-state index in [4.69, 9.17) is 0 Å². The van der Waals surface area contributed by atoms with E-state index in [1.54, 1.807) is 0 Å². The fourth-order valence-corrected chi connectivity index (χ4v) is 4.90. The first kappa shape index (κ1) is 10.8. The molecule has 0 aromatic rings. The van der Waals surface area contributed by atoms with E-state index in [0.29, 0.717) is 17.5 Å². The van der Waals surface area contributed by atoms with E-state index >= 15 is 0 Å². The molecule has 0 spiro atoms. The molecule has 0 radical (unpaired) electrons. The van der Waals surface area contributed by atoms with Crippen molar-refractivity contribution in [2.75, 3.05) is 23.0 Å². The Morgan fingerprint density at radius 2 is 2.07 bits per heavy atom. The Balaban J connectivity index is 1.80. The molecule has 82 valence electrons. The highest BCUT2D eigenvalue weighted by molar-refractivity contribution is 7.99. The molecule has 1 N–H and O–H groups in total. The standard InChI is InChI=1S/C9H17NO2S2/c11-14(12)5-3-9(7-14)10-8-2-1-4-13-6-8/h8-10H,1-7H2/t8-,9-/m0/s1. The second kappa shape index (κ2) is 4.41. The SMILES string of the molecule is O=S1(=O)CC[C@H](N[C@H]2CCCSC2)C1. The fourth-order valence-electron chi connectivity index (χ4n) is 2.13. The van der Waals surface area contributed by atoms with Gasteiger partial charge >= 0.3 is 0 Å². The maximum Gasteiger partial charge on any atom is 0.151 e. The number of sulfone groups is 1. The van der Waals surface area contributed by atoms with Crippen LogP contribution < -0.4 is 5.32 Å². The highest BCUT2D eigenvalue weighted by Crippen LogP contribution is 2.19. The van der Waals surface area contributed by atoms with Crippen LogP contribution in [-0.2, 0) is 9.84 Å².